The van der Waals surface area contributed by atoms with Crippen LogP contribution in [0.2, 0.25) is 0 Å². The summed E-state index contributed by atoms with van der Waals surface area (Å²) in [7, 11) is 0. The molecule has 2 aliphatic heterocycles. The molecule has 1 aromatic heterocycles. The Balaban J connectivity index is 1.44. The van der Waals surface area contributed by atoms with Gasteiger partial charge in [-0.1, -0.05) is 0 Å². The van der Waals surface area contributed by atoms with Gasteiger partial charge in [-0.2, -0.15) is 0 Å². The van der Waals surface area contributed by atoms with Gasteiger partial charge in [-0.05, 0) is 32.4 Å². The van der Waals surface area contributed by atoms with E-state index in [1.807, 2.05) is 15.7 Å². The fourth-order valence-electron chi connectivity index (χ4n) is 3.35. The standard InChI is InChI=1S/C15H25N5O/c16-13-1-7-19(8-2-13)14-3-9-20(11-14)15(21)4-6-18-10-5-17-12-18/h5,10,12-14H,1-4,6-9,11,16H2. The van der Waals surface area contributed by atoms with Crippen molar-refractivity contribution in [3.63, 3.8) is 0 Å². The summed E-state index contributed by atoms with van der Waals surface area (Å²) in [5, 5.41) is 0. The Morgan fingerprint density at radius 1 is 1.24 bits per heavy atom. The third-order valence-corrected chi connectivity index (χ3v) is 4.75. The van der Waals surface area contributed by atoms with Gasteiger partial charge in [-0.25, -0.2) is 4.98 Å². The molecule has 3 heterocycles. The molecule has 1 unspecified atom stereocenters. The van der Waals surface area contributed by atoms with E-state index in [4.69, 9.17) is 5.73 Å². The summed E-state index contributed by atoms with van der Waals surface area (Å²) in [5.74, 6) is 0.264. The SMILES string of the molecule is NC1CCN(C2CCN(C(=O)CCn3ccnc3)C2)CC1. The van der Waals surface area contributed by atoms with Crippen molar-refractivity contribution in [2.24, 2.45) is 5.73 Å². The van der Waals surface area contributed by atoms with Crippen molar-refractivity contribution in [2.75, 3.05) is 26.2 Å². The predicted octanol–water partition coefficient (Wildman–Crippen LogP) is 0.297. The van der Waals surface area contributed by atoms with Crippen molar-refractivity contribution < 1.29 is 4.79 Å². The van der Waals surface area contributed by atoms with Crippen molar-refractivity contribution in [3.8, 4) is 0 Å². The van der Waals surface area contributed by atoms with E-state index in [1.165, 1.54) is 0 Å². The van der Waals surface area contributed by atoms with Crippen LogP contribution in [0.15, 0.2) is 18.7 Å². The van der Waals surface area contributed by atoms with E-state index < -0.39 is 0 Å². The van der Waals surface area contributed by atoms with Gasteiger partial charge in [-0.15, -0.1) is 0 Å². The molecule has 3 rings (SSSR count). The smallest absolute Gasteiger partial charge is 0.224 e. The van der Waals surface area contributed by atoms with Crippen molar-refractivity contribution in [3.05, 3.63) is 18.7 Å². The fraction of sp³-hybridized carbons (Fsp3) is 0.733. The van der Waals surface area contributed by atoms with Crippen LogP contribution in [-0.4, -0.2) is 63.5 Å². The second-order valence-corrected chi connectivity index (χ2v) is 6.21. The molecule has 6 nitrogen and oxygen atoms in total. The number of amides is 1. The maximum atomic E-state index is 12.3. The Kier molecular flexibility index (Phi) is 4.55. The Labute approximate surface area is 125 Å². The highest BCUT2D eigenvalue weighted by molar-refractivity contribution is 5.76. The molecule has 116 valence electrons. The Bertz CT molecular complexity index is 453. The van der Waals surface area contributed by atoms with E-state index >= 15 is 0 Å². The topological polar surface area (TPSA) is 67.4 Å². The molecule has 0 aliphatic carbocycles. The largest absolute Gasteiger partial charge is 0.341 e. The highest BCUT2D eigenvalue weighted by Crippen LogP contribution is 2.20. The number of carbonyl (C=O) groups is 1. The minimum Gasteiger partial charge on any atom is -0.341 e. The number of imidazole rings is 1. The molecule has 0 aromatic carbocycles. The first-order valence-corrected chi connectivity index (χ1v) is 7.95. The van der Waals surface area contributed by atoms with Crippen LogP contribution in [0, 0.1) is 0 Å². The number of piperidine rings is 1. The van der Waals surface area contributed by atoms with Crippen LogP contribution in [0.25, 0.3) is 0 Å². The van der Waals surface area contributed by atoms with Gasteiger partial charge in [0.25, 0.3) is 0 Å². The highest BCUT2D eigenvalue weighted by atomic mass is 16.2. The average Bonchev–Trinajstić information content (AvgIpc) is 3.17. The highest BCUT2D eigenvalue weighted by Gasteiger charge is 2.31. The van der Waals surface area contributed by atoms with Gasteiger partial charge in [0.1, 0.15) is 0 Å². The summed E-state index contributed by atoms with van der Waals surface area (Å²) in [6.45, 7) is 4.68. The van der Waals surface area contributed by atoms with Crippen LogP contribution in [0.1, 0.15) is 25.7 Å². The van der Waals surface area contributed by atoms with E-state index in [-0.39, 0.29) is 5.91 Å². The normalized spacial score (nSPS) is 24.6. The number of hydrogen-bond donors (Lipinski definition) is 1. The number of carbonyl (C=O) groups excluding carboxylic acids is 1. The number of rotatable bonds is 4. The Hall–Kier alpha value is -1.40. The molecule has 1 atom stereocenters. The summed E-state index contributed by atoms with van der Waals surface area (Å²) in [6.07, 6.45) is 9.25. The van der Waals surface area contributed by atoms with E-state index in [9.17, 15) is 4.79 Å². The number of aromatic nitrogens is 2. The summed E-state index contributed by atoms with van der Waals surface area (Å²) < 4.78 is 1.96. The zero-order chi connectivity index (χ0) is 14.7. The lowest BCUT2D eigenvalue weighted by Gasteiger charge is -2.34. The zero-order valence-corrected chi connectivity index (χ0v) is 12.5. The molecule has 0 saturated carbocycles. The molecule has 2 fully saturated rings. The van der Waals surface area contributed by atoms with Gasteiger partial charge in [0, 0.05) is 50.5 Å². The van der Waals surface area contributed by atoms with Crippen molar-refractivity contribution in [1.82, 2.24) is 19.4 Å². The number of aryl methyl sites for hydroxylation is 1. The molecule has 1 amide bonds. The number of hydrogen-bond acceptors (Lipinski definition) is 4. The van der Waals surface area contributed by atoms with Gasteiger partial charge in [-0.3, -0.25) is 9.69 Å². The summed E-state index contributed by atoms with van der Waals surface area (Å²) >= 11 is 0. The summed E-state index contributed by atoms with van der Waals surface area (Å²) in [4.78, 5) is 20.8. The molecular weight excluding hydrogens is 266 g/mol. The van der Waals surface area contributed by atoms with Crippen LogP contribution in [0.5, 0.6) is 0 Å². The lowest BCUT2D eigenvalue weighted by molar-refractivity contribution is -0.130. The van der Waals surface area contributed by atoms with Gasteiger partial charge >= 0.3 is 0 Å². The maximum absolute atomic E-state index is 12.3. The zero-order valence-electron chi connectivity index (χ0n) is 12.5. The minimum absolute atomic E-state index is 0.264. The predicted molar refractivity (Wildman–Crippen MR) is 80.6 cm³/mol. The number of nitrogens with two attached hydrogens (primary N) is 1. The molecule has 21 heavy (non-hydrogen) atoms. The second kappa shape index (κ2) is 6.58. The maximum Gasteiger partial charge on any atom is 0.224 e. The van der Waals surface area contributed by atoms with Crippen molar-refractivity contribution in [1.29, 1.82) is 0 Å². The Morgan fingerprint density at radius 3 is 2.76 bits per heavy atom. The van der Waals surface area contributed by atoms with Gasteiger partial charge < -0.3 is 15.2 Å². The van der Waals surface area contributed by atoms with Crippen LogP contribution in [-0.2, 0) is 11.3 Å². The average molecular weight is 291 g/mol. The van der Waals surface area contributed by atoms with Gasteiger partial charge in [0.05, 0.1) is 6.33 Å². The summed E-state index contributed by atoms with van der Waals surface area (Å²) in [5.41, 5.74) is 5.96. The first kappa shape index (κ1) is 14.5. The number of nitrogens with zero attached hydrogens (tertiary/aromatic N) is 4. The first-order chi connectivity index (χ1) is 10.2. The quantitative estimate of drug-likeness (QED) is 0.866. The van der Waals surface area contributed by atoms with Crippen molar-refractivity contribution in [2.45, 2.75) is 44.3 Å². The molecule has 2 saturated heterocycles. The third kappa shape index (κ3) is 3.63. The van der Waals surface area contributed by atoms with Gasteiger partial charge in [0.15, 0.2) is 0 Å². The van der Waals surface area contributed by atoms with E-state index in [2.05, 4.69) is 9.88 Å². The van der Waals surface area contributed by atoms with Crippen LogP contribution in [0.4, 0.5) is 0 Å². The van der Waals surface area contributed by atoms with Crippen LogP contribution >= 0.6 is 0 Å². The minimum atomic E-state index is 0.264. The van der Waals surface area contributed by atoms with E-state index in [1.54, 1.807) is 12.5 Å². The fourth-order valence-corrected chi connectivity index (χ4v) is 3.35. The molecule has 1 aromatic rings. The van der Waals surface area contributed by atoms with Gasteiger partial charge in [0.2, 0.25) is 5.91 Å². The molecule has 0 bridgehead atoms. The molecular formula is C15H25N5O. The lowest BCUT2D eigenvalue weighted by atomic mass is 10.0. The van der Waals surface area contributed by atoms with Crippen LogP contribution in [0.3, 0.4) is 0 Å². The van der Waals surface area contributed by atoms with Crippen LogP contribution < -0.4 is 5.73 Å². The second-order valence-electron chi connectivity index (χ2n) is 6.21. The van der Waals surface area contributed by atoms with E-state index in [0.717, 1.165) is 52.0 Å². The molecule has 0 spiro atoms. The number of likely N-dealkylation sites (tertiary alicyclic amines) is 2. The molecule has 2 aliphatic rings. The molecule has 6 heteroatoms. The molecule has 0 radical (unpaired) electrons. The van der Waals surface area contributed by atoms with E-state index in [0.29, 0.717) is 18.5 Å². The lowest BCUT2D eigenvalue weighted by Crippen LogP contribution is -2.46. The Morgan fingerprint density at radius 2 is 2.05 bits per heavy atom. The first-order valence-electron chi connectivity index (χ1n) is 7.95. The third-order valence-electron chi connectivity index (χ3n) is 4.75. The van der Waals surface area contributed by atoms with Crippen molar-refractivity contribution >= 4 is 5.91 Å². The summed E-state index contributed by atoms with van der Waals surface area (Å²) in [6, 6.07) is 0.908. The monoisotopic (exact) mass is 291 g/mol. The molecule has 2 N–H and O–H groups in total.